The number of hydrogen-bond donors (Lipinski definition) is 1. The molecule has 1 aliphatic carbocycles. The highest BCUT2D eigenvalue weighted by Gasteiger charge is 2.38. The van der Waals surface area contributed by atoms with Gasteiger partial charge in [0, 0.05) is 24.8 Å². The number of rotatable bonds is 7. The Hall–Kier alpha value is -1.78. The van der Waals surface area contributed by atoms with Gasteiger partial charge in [-0.1, -0.05) is 53.9 Å². The van der Waals surface area contributed by atoms with Crippen LogP contribution < -0.4 is 0 Å². The highest BCUT2D eigenvalue weighted by molar-refractivity contribution is 7.91. The van der Waals surface area contributed by atoms with Gasteiger partial charge in [0.1, 0.15) is 4.21 Å². The third-order valence-electron chi connectivity index (χ3n) is 5.50. The average molecular weight is 468 g/mol. The van der Waals surface area contributed by atoms with E-state index in [-0.39, 0.29) is 29.3 Å². The van der Waals surface area contributed by atoms with Gasteiger partial charge in [-0.3, -0.25) is 0 Å². The van der Waals surface area contributed by atoms with E-state index < -0.39 is 10.0 Å². The van der Waals surface area contributed by atoms with Crippen LogP contribution in [0.25, 0.3) is 11.4 Å². The quantitative estimate of drug-likeness (QED) is 0.559. The lowest BCUT2D eigenvalue weighted by atomic mass is 9.85. The lowest BCUT2D eigenvalue weighted by molar-refractivity contribution is 0.109. The Labute approximate surface area is 184 Å². The Morgan fingerprint density at radius 3 is 2.57 bits per heavy atom. The Balaban J connectivity index is 1.66. The molecule has 0 radical (unpaired) electrons. The fraction of sp³-hybridized carbons (Fsp3) is 0.400. The summed E-state index contributed by atoms with van der Waals surface area (Å²) in [5.74, 6) is 0.398. The Kier molecular flexibility index (Phi) is 6.54. The van der Waals surface area contributed by atoms with Gasteiger partial charge in [0.25, 0.3) is 10.0 Å². The zero-order chi connectivity index (χ0) is 21.1. The summed E-state index contributed by atoms with van der Waals surface area (Å²) >= 11 is 7.07. The molecular weight excluding hydrogens is 446 g/mol. The van der Waals surface area contributed by atoms with E-state index in [0.717, 1.165) is 48.1 Å². The summed E-state index contributed by atoms with van der Waals surface area (Å²) in [7, 11) is -3.76. The van der Waals surface area contributed by atoms with Crippen LogP contribution in [-0.2, 0) is 16.6 Å². The first-order valence-corrected chi connectivity index (χ1v) is 12.4. The number of sulfonamides is 1. The molecule has 1 aliphatic rings. The molecule has 0 saturated heterocycles. The highest BCUT2D eigenvalue weighted by Crippen LogP contribution is 2.36. The predicted molar refractivity (Wildman–Crippen MR) is 115 cm³/mol. The Bertz CT molecular complexity index is 1070. The molecule has 1 aromatic carbocycles. The molecule has 0 amide bonds. The third-order valence-corrected chi connectivity index (χ3v) is 9.07. The van der Waals surface area contributed by atoms with Crippen molar-refractivity contribution >= 4 is 33.0 Å². The van der Waals surface area contributed by atoms with Crippen LogP contribution in [0.5, 0.6) is 0 Å². The SMILES string of the molecule is O=S(=O)(c1ccc(Cl)s1)N(Cc1ccc(-c2ncon2)cc1)C1CCCCC1CO. The van der Waals surface area contributed by atoms with Crippen molar-refractivity contribution in [1.82, 2.24) is 14.4 Å². The van der Waals surface area contributed by atoms with E-state index in [4.69, 9.17) is 16.1 Å². The van der Waals surface area contributed by atoms with Crippen LogP contribution in [0.15, 0.2) is 51.5 Å². The number of aliphatic hydroxyl groups is 1. The maximum atomic E-state index is 13.5. The third kappa shape index (κ3) is 4.45. The summed E-state index contributed by atoms with van der Waals surface area (Å²) in [6, 6.07) is 10.3. The van der Waals surface area contributed by atoms with E-state index in [2.05, 4.69) is 10.1 Å². The standard InChI is InChI=1S/C20H22ClN3O4S2/c21-18-9-10-19(29-18)30(26,27)24(17-4-2-1-3-16(17)12-25)11-14-5-7-15(8-6-14)20-22-13-28-23-20/h5-10,13,16-17,25H,1-4,11-12H2. The van der Waals surface area contributed by atoms with Crippen molar-refractivity contribution in [3.8, 4) is 11.4 Å². The van der Waals surface area contributed by atoms with Gasteiger partial charge >= 0.3 is 0 Å². The zero-order valence-electron chi connectivity index (χ0n) is 16.1. The molecule has 0 spiro atoms. The van der Waals surface area contributed by atoms with E-state index in [0.29, 0.717) is 10.2 Å². The van der Waals surface area contributed by atoms with Crippen molar-refractivity contribution in [2.75, 3.05) is 6.61 Å². The van der Waals surface area contributed by atoms with Gasteiger partial charge in [0.05, 0.1) is 4.34 Å². The molecule has 1 fully saturated rings. The second kappa shape index (κ2) is 9.15. The summed E-state index contributed by atoms with van der Waals surface area (Å²) in [6.07, 6.45) is 4.75. The fourth-order valence-corrected chi connectivity index (χ4v) is 7.27. The second-order valence-corrected chi connectivity index (χ2v) is 11.2. The monoisotopic (exact) mass is 467 g/mol. The largest absolute Gasteiger partial charge is 0.396 e. The number of halogens is 1. The number of hydrogen-bond acceptors (Lipinski definition) is 7. The molecular formula is C20H22ClN3O4S2. The van der Waals surface area contributed by atoms with E-state index in [1.54, 1.807) is 16.4 Å². The molecule has 2 atom stereocenters. The topological polar surface area (TPSA) is 96.5 Å². The summed E-state index contributed by atoms with van der Waals surface area (Å²) in [4.78, 5) is 4.03. The summed E-state index contributed by atoms with van der Waals surface area (Å²) in [6.45, 7) is 0.185. The number of aromatic nitrogens is 2. The molecule has 7 nitrogen and oxygen atoms in total. The normalized spacial score (nSPS) is 20.0. The maximum Gasteiger partial charge on any atom is 0.253 e. The second-order valence-electron chi connectivity index (χ2n) is 7.35. The Morgan fingerprint density at radius 2 is 1.93 bits per heavy atom. The zero-order valence-corrected chi connectivity index (χ0v) is 18.5. The summed E-state index contributed by atoms with van der Waals surface area (Å²) in [5, 5.41) is 13.7. The van der Waals surface area contributed by atoms with E-state index >= 15 is 0 Å². The highest BCUT2D eigenvalue weighted by atomic mass is 35.5. The van der Waals surface area contributed by atoms with Gasteiger partial charge in [-0.25, -0.2) is 8.42 Å². The Morgan fingerprint density at radius 1 is 1.17 bits per heavy atom. The minimum absolute atomic E-state index is 0.0291. The lowest BCUT2D eigenvalue weighted by Gasteiger charge is -2.38. The first-order chi connectivity index (χ1) is 14.5. The van der Waals surface area contributed by atoms with Crippen molar-refractivity contribution in [2.45, 2.75) is 42.5 Å². The van der Waals surface area contributed by atoms with E-state index in [1.807, 2.05) is 24.3 Å². The molecule has 0 aliphatic heterocycles. The van der Waals surface area contributed by atoms with Crippen LogP contribution in [0.4, 0.5) is 0 Å². The summed E-state index contributed by atoms with van der Waals surface area (Å²) in [5.41, 5.74) is 1.63. The molecule has 2 unspecified atom stereocenters. The van der Waals surface area contributed by atoms with Crippen molar-refractivity contribution < 1.29 is 18.0 Å². The minimum Gasteiger partial charge on any atom is -0.396 e. The molecule has 10 heteroatoms. The maximum absolute atomic E-state index is 13.5. The van der Waals surface area contributed by atoms with Crippen LogP contribution in [0.1, 0.15) is 31.2 Å². The number of thiophene rings is 1. The molecule has 1 saturated carbocycles. The molecule has 2 aromatic heterocycles. The van der Waals surface area contributed by atoms with Crippen LogP contribution in [0.3, 0.4) is 0 Å². The van der Waals surface area contributed by atoms with E-state index in [9.17, 15) is 13.5 Å². The van der Waals surface area contributed by atoms with Crippen molar-refractivity contribution in [3.05, 3.63) is 52.7 Å². The van der Waals surface area contributed by atoms with Gasteiger partial charge in [-0.05, 0) is 36.5 Å². The average Bonchev–Trinajstić information content (AvgIpc) is 3.45. The first kappa shape index (κ1) is 21.5. The smallest absolute Gasteiger partial charge is 0.253 e. The van der Waals surface area contributed by atoms with Crippen molar-refractivity contribution in [2.24, 2.45) is 5.92 Å². The van der Waals surface area contributed by atoms with Gasteiger partial charge in [0.2, 0.25) is 12.2 Å². The van der Waals surface area contributed by atoms with Crippen LogP contribution >= 0.6 is 22.9 Å². The number of aliphatic hydroxyl groups excluding tert-OH is 1. The molecule has 160 valence electrons. The molecule has 0 bridgehead atoms. The fourth-order valence-electron chi connectivity index (χ4n) is 3.95. The molecule has 3 aromatic rings. The molecule has 4 rings (SSSR count). The lowest BCUT2D eigenvalue weighted by Crippen LogP contribution is -2.46. The molecule has 30 heavy (non-hydrogen) atoms. The number of nitrogens with zero attached hydrogens (tertiary/aromatic N) is 3. The molecule has 1 N–H and O–H groups in total. The van der Waals surface area contributed by atoms with Gasteiger partial charge in [-0.15, -0.1) is 11.3 Å². The minimum atomic E-state index is -3.76. The van der Waals surface area contributed by atoms with Gasteiger partial charge < -0.3 is 9.63 Å². The predicted octanol–water partition coefficient (Wildman–Crippen LogP) is 4.19. The van der Waals surface area contributed by atoms with Crippen LogP contribution in [0.2, 0.25) is 4.34 Å². The van der Waals surface area contributed by atoms with Crippen LogP contribution in [-0.4, -0.2) is 40.6 Å². The summed E-state index contributed by atoms with van der Waals surface area (Å²) < 4.78 is 34.0. The van der Waals surface area contributed by atoms with Gasteiger partial charge in [-0.2, -0.15) is 9.29 Å². The van der Waals surface area contributed by atoms with Crippen LogP contribution in [0, 0.1) is 5.92 Å². The van der Waals surface area contributed by atoms with Crippen molar-refractivity contribution in [3.63, 3.8) is 0 Å². The van der Waals surface area contributed by atoms with Crippen molar-refractivity contribution in [1.29, 1.82) is 0 Å². The van der Waals surface area contributed by atoms with E-state index in [1.165, 1.54) is 6.39 Å². The van der Waals surface area contributed by atoms with Gasteiger partial charge in [0.15, 0.2) is 0 Å². The first-order valence-electron chi connectivity index (χ1n) is 9.73. The number of benzene rings is 1. The molecule has 2 heterocycles.